The Morgan fingerprint density at radius 3 is 2.77 bits per heavy atom. The van der Waals surface area contributed by atoms with Crippen molar-refractivity contribution < 1.29 is 13.7 Å². The molecule has 0 radical (unpaired) electrons. The number of carbonyl (C=O) groups is 1. The molecule has 136 valence electrons. The maximum absolute atomic E-state index is 14.0. The van der Waals surface area contributed by atoms with Crippen molar-refractivity contribution >= 4 is 11.6 Å². The second-order valence-electron chi connectivity index (χ2n) is 6.36. The number of rotatable bonds is 7. The van der Waals surface area contributed by atoms with Crippen LogP contribution >= 0.6 is 0 Å². The fraction of sp³-hybridized carbons (Fsp3) is 0.316. The predicted molar refractivity (Wildman–Crippen MR) is 95.7 cm³/mol. The molecule has 3 rings (SSSR count). The average molecular weight is 356 g/mol. The van der Waals surface area contributed by atoms with Crippen LogP contribution < -0.4 is 5.32 Å². The second-order valence-corrected chi connectivity index (χ2v) is 6.36. The Balaban J connectivity index is 1.55. The van der Waals surface area contributed by atoms with Crippen LogP contribution in [-0.2, 0) is 11.2 Å². The molecule has 0 bridgehead atoms. The highest BCUT2D eigenvalue weighted by Crippen LogP contribution is 2.20. The van der Waals surface area contributed by atoms with E-state index < -0.39 is 5.82 Å². The van der Waals surface area contributed by atoms with Crippen LogP contribution in [0.3, 0.4) is 0 Å². The molecule has 0 fully saturated rings. The summed E-state index contributed by atoms with van der Waals surface area (Å²) in [6.45, 7) is 3.97. The van der Waals surface area contributed by atoms with Crippen LogP contribution in [0.1, 0.15) is 44.3 Å². The molecule has 0 saturated carbocycles. The van der Waals surface area contributed by atoms with Gasteiger partial charge < -0.3 is 14.4 Å². The van der Waals surface area contributed by atoms with Gasteiger partial charge in [0.05, 0.1) is 5.69 Å². The van der Waals surface area contributed by atoms with Gasteiger partial charge in [0.25, 0.3) is 0 Å². The van der Waals surface area contributed by atoms with Gasteiger partial charge in [0.1, 0.15) is 5.82 Å². The Bertz CT molecular complexity index is 872. The maximum atomic E-state index is 14.0. The van der Waals surface area contributed by atoms with E-state index in [4.69, 9.17) is 4.52 Å². The molecular formula is C19H21FN4O2. The van der Waals surface area contributed by atoms with Crippen LogP contribution in [0.15, 0.2) is 47.2 Å². The SMILES string of the molecule is CC(C)c1noc(CCCC(=O)Nc2cc(-n3cccc3)ccc2F)n1. The van der Waals surface area contributed by atoms with Gasteiger partial charge in [-0.1, -0.05) is 19.0 Å². The van der Waals surface area contributed by atoms with Gasteiger partial charge in [0, 0.05) is 36.8 Å². The summed E-state index contributed by atoms with van der Waals surface area (Å²) in [5.41, 5.74) is 0.944. The summed E-state index contributed by atoms with van der Waals surface area (Å²) >= 11 is 0. The first-order valence-electron chi connectivity index (χ1n) is 8.58. The molecule has 2 aromatic heterocycles. The van der Waals surface area contributed by atoms with Crippen molar-refractivity contribution in [2.45, 2.75) is 39.0 Å². The molecule has 0 aliphatic heterocycles. The summed E-state index contributed by atoms with van der Waals surface area (Å²) in [5, 5.41) is 6.52. The molecule has 1 amide bonds. The summed E-state index contributed by atoms with van der Waals surface area (Å²) in [6, 6.07) is 8.37. The first-order chi connectivity index (χ1) is 12.5. The Labute approximate surface area is 151 Å². The Morgan fingerprint density at radius 1 is 1.31 bits per heavy atom. The van der Waals surface area contributed by atoms with Crippen molar-refractivity contribution in [3.63, 3.8) is 0 Å². The molecule has 0 atom stereocenters. The topological polar surface area (TPSA) is 73.0 Å². The average Bonchev–Trinajstić information content (AvgIpc) is 3.28. The zero-order chi connectivity index (χ0) is 18.5. The van der Waals surface area contributed by atoms with Gasteiger partial charge in [0.15, 0.2) is 5.82 Å². The van der Waals surface area contributed by atoms with Gasteiger partial charge in [-0.15, -0.1) is 0 Å². The van der Waals surface area contributed by atoms with Crippen molar-refractivity contribution in [3.8, 4) is 5.69 Å². The fourth-order valence-electron chi connectivity index (χ4n) is 2.49. The van der Waals surface area contributed by atoms with Crippen LogP contribution in [0, 0.1) is 5.82 Å². The highest BCUT2D eigenvalue weighted by Gasteiger charge is 2.12. The van der Waals surface area contributed by atoms with Gasteiger partial charge in [-0.3, -0.25) is 4.79 Å². The van der Waals surface area contributed by atoms with Gasteiger partial charge in [-0.2, -0.15) is 4.98 Å². The third-order valence-electron chi connectivity index (χ3n) is 3.92. The number of benzene rings is 1. The van der Waals surface area contributed by atoms with Crippen LogP contribution in [0.5, 0.6) is 0 Å². The third kappa shape index (κ3) is 4.36. The van der Waals surface area contributed by atoms with Crippen molar-refractivity contribution in [2.24, 2.45) is 0 Å². The molecule has 0 saturated heterocycles. The number of aryl methyl sites for hydroxylation is 1. The summed E-state index contributed by atoms with van der Waals surface area (Å²) in [5.74, 6) is 0.659. The van der Waals surface area contributed by atoms with Crippen molar-refractivity contribution in [1.82, 2.24) is 14.7 Å². The Kier molecular flexibility index (Phi) is 5.46. The molecule has 0 aliphatic carbocycles. The lowest BCUT2D eigenvalue weighted by molar-refractivity contribution is -0.116. The number of halogens is 1. The Hall–Kier alpha value is -2.96. The maximum Gasteiger partial charge on any atom is 0.226 e. The molecule has 1 aromatic carbocycles. The monoisotopic (exact) mass is 356 g/mol. The molecule has 1 N–H and O–H groups in total. The minimum absolute atomic E-state index is 0.168. The lowest BCUT2D eigenvalue weighted by atomic mass is 10.2. The number of anilines is 1. The zero-order valence-electron chi connectivity index (χ0n) is 14.8. The first kappa shape index (κ1) is 17.8. The van der Waals surface area contributed by atoms with Gasteiger partial charge >= 0.3 is 0 Å². The second kappa shape index (κ2) is 7.95. The van der Waals surface area contributed by atoms with Crippen LogP contribution in [0.2, 0.25) is 0 Å². The van der Waals surface area contributed by atoms with E-state index in [0.717, 1.165) is 5.69 Å². The molecule has 26 heavy (non-hydrogen) atoms. The van der Waals surface area contributed by atoms with Gasteiger partial charge in [0.2, 0.25) is 11.8 Å². The minimum Gasteiger partial charge on any atom is -0.339 e. The summed E-state index contributed by atoms with van der Waals surface area (Å²) < 4.78 is 21.0. The number of amides is 1. The lowest BCUT2D eigenvalue weighted by Crippen LogP contribution is -2.13. The van der Waals surface area contributed by atoms with Gasteiger partial charge in [-0.05, 0) is 36.8 Å². The lowest BCUT2D eigenvalue weighted by Gasteiger charge is -2.09. The van der Waals surface area contributed by atoms with E-state index in [9.17, 15) is 9.18 Å². The summed E-state index contributed by atoms with van der Waals surface area (Å²) in [6.07, 6.45) is 5.01. The predicted octanol–water partition coefficient (Wildman–Crippen LogP) is 4.08. The van der Waals surface area contributed by atoms with Crippen molar-refractivity contribution in [3.05, 3.63) is 60.3 Å². The van der Waals surface area contributed by atoms with E-state index >= 15 is 0 Å². The van der Waals surface area contributed by atoms with E-state index in [0.29, 0.717) is 24.6 Å². The highest BCUT2D eigenvalue weighted by atomic mass is 19.1. The number of hydrogen-bond acceptors (Lipinski definition) is 4. The van der Waals surface area contributed by atoms with Crippen molar-refractivity contribution in [2.75, 3.05) is 5.32 Å². The van der Waals surface area contributed by atoms with Crippen LogP contribution in [0.25, 0.3) is 5.69 Å². The number of aromatic nitrogens is 3. The molecule has 7 heteroatoms. The minimum atomic E-state index is -0.465. The van der Waals surface area contributed by atoms with Crippen LogP contribution in [0.4, 0.5) is 10.1 Å². The molecule has 6 nitrogen and oxygen atoms in total. The quantitative estimate of drug-likeness (QED) is 0.692. The summed E-state index contributed by atoms with van der Waals surface area (Å²) in [4.78, 5) is 16.4. The normalized spacial score (nSPS) is 11.1. The largest absolute Gasteiger partial charge is 0.339 e. The molecular weight excluding hydrogens is 335 g/mol. The highest BCUT2D eigenvalue weighted by molar-refractivity contribution is 5.91. The standard InChI is InChI=1S/C19H21FN4O2/c1-13(2)19-22-18(26-23-19)7-5-6-17(25)21-16-12-14(8-9-15(16)20)24-10-3-4-11-24/h3-4,8-13H,5-7H2,1-2H3,(H,21,25). The van der Waals surface area contributed by atoms with Crippen LogP contribution in [-0.4, -0.2) is 20.6 Å². The third-order valence-corrected chi connectivity index (χ3v) is 3.92. The number of nitrogens with zero attached hydrogens (tertiary/aromatic N) is 3. The molecule has 0 unspecified atom stereocenters. The smallest absolute Gasteiger partial charge is 0.226 e. The van der Waals surface area contributed by atoms with E-state index in [1.807, 2.05) is 42.9 Å². The Morgan fingerprint density at radius 2 is 2.08 bits per heavy atom. The number of nitrogens with one attached hydrogen (secondary N) is 1. The van der Waals surface area contributed by atoms with E-state index in [1.54, 1.807) is 12.1 Å². The van der Waals surface area contributed by atoms with Gasteiger partial charge in [-0.25, -0.2) is 4.39 Å². The number of hydrogen-bond donors (Lipinski definition) is 1. The first-order valence-corrected chi connectivity index (χ1v) is 8.58. The van der Waals surface area contributed by atoms with E-state index in [-0.39, 0.29) is 23.9 Å². The van der Waals surface area contributed by atoms with Crippen molar-refractivity contribution in [1.29, 1.82) is 0 Å². The van der Waals surface area contributed by atoms with E-state index in [2.05, 4.69) is 15.5 Å². The number of carbonyl (C=O) groups excluding carboxylic acids is 1. The molecule has 0 spiro atoms. The molecule has 2 heterocycles. The fourth-order valence-corrected chi connectivity index (χ4v) is 2.49. The molecule has 3 aromatic rings. The zero-order valence-corrected chi connectivity index (χ0v) is 14.8. The van der Waals surface area contributed by atoms with E-state index in [1.165, 1.54) is 6.07 Å². The summed E-state index contributed by atoms with van der Waals surface area (Å²) in [7, 11) is 0. The molecule has 0 aliphatic rings.